The molecule has 0 aromatic rings. The molecule has 8 unspecified atom stereocenters. The van der Waals surface area contributed by atoms with E-state index in [1.165, 1.54) is 51.4 Å². The van der Waals surface area contributed by atoms with Crippen LogP contribution >= 0.6 is 0 Å². The van der Waals surface area contributed by atoms with Gasteiger partial charge in [0, 0.05) is 57.7 Å². The Hall–Kier alpha value is -2.01. The average molecular weight is 865 g/mol. The molecule has 0 aliphatic heterocycles. The van der Waals surface area contributed by atoms with Crippen molar-refractivity contribution in [1.29, 1.82) is 0 Å². The summed E-state index contributed by atoms with van der Waals surface area (Å²) in [6.45, 7) is 5.71. The molecule has 5 fully saturated rings. The second-order valence-electron chi connectivity index (χ2n) is 19.6. The Bertz CT molecular complexity index is 1200. The van der Waals surface area contributed by atoms with Crippen molar-refractivity contribution in [2.75, 3.05) is 13.2 Å². The molecule has 0 bridgehead atoms. The highest BCUT2D eigenvalue weighted by Crippen LogP contribution is 2.35. The molecule has 0 aromatic heterocycles. The van der Waals surface area contributed by atoms with E-state index in [0.29, 0.717) is 71.0 Å². The summed E-state index contributed by atoms with van der Waals surface area (Å²) >= 11 is 0. The summed E-state index contributed by atoms with van der Waals surface area (Å²) in [6.07, 6.45) is 23.8. The van der Waals surface area contributed by atoms with Crippen LogP contribution in [0.1, 0.15) is 200 Å². The summed E-state index contributed by atoms with van der Waals surface area (Å²) < 4.78 is 68.3. The highest BCUT2D eigenvalue weighted by molar-refractivity contribution is 5.74. The van der Waals surface area contributed by atoms with Crippen LogP contribution in [0.3, 0.4) is 0 Å². The summed E-state index contributed by atoms with van der Waals surface area (Å²) in [5.41, 5.74) is 0. The summed E-state index contributed by atoms with van der Waals surface area (Å²) in [6, 6.07) is -0.0347. The maximum absolute atomic E-state index is 14.9. The van der Waals surface area contributed by atoms with Crippen molar-refractivity contribution in [3.05, 3.63) is 0 Å². The molecule has 0 amide bonds. The lowest BCUT2D eigenvalue weighted by Crippen LogP contribution is -2.39. The standard InChI is InChI=1S/C50H83F3N2O6/c1-3-5-7-9-11-13-27-58-47-25-23-41(31-45(47)52)54-34-36-15-19-38(20-16-36)49(56)60-43-29-40(51)30-44(33-43)61-50(57)39-21-17-37(18-22-39)35-55-42-24-26-48(46(53)32-42)59-28-14-12-10-8-6-4-2/h34-48H,3-33H2,1-2H3. The van der Waals surface area contributed by atoms with Crippen molar-refractivity contribution in [2.45, 2.75) is 255 Å². The van der Waals surface area contributed by atoms with Gasteiger partial charge in [-0.2, -0.15) is 0 Å². The van der Waals surface area contributed by atoms with Gasteiger partial charge in [0.2, 0.25) is 0 Å². The number of ether oxygens (including phenoxy) is 4. The van der Waals surface area contributed by atoms with Gasteiger partial charge in [0.25, 0.3) is 0 Å². The predicted octanol–water partition coefficient (Wildman–Crippen LogP) is 12.4. The van der Waals surface area contributed by atoms with E-state index in [1.807, 2.05) is 12.4 Å². The zero-order valence-electron chi connectivity index (χ0n) is 38.1. The molecule has 0 heterocycles. The van der Waals surface area contributed by atoms with Gasteiger partial charge in [-0.25, -0.2) is 13.2 Å². The van der Waals surface area contributed by atoms with Crippen LogP contribution in [0.4, 0.5) is 13.2 Å². The van der Waals surface area contributed by atoms with E-state index in [0.717, 1.165) is 64.2 Å². The van der Waals surface area contributed by atoms with Crippen LogP contribution in [-0.2, 0) is 28.5 Å². The monoisotopic (exact) mass is 865 g/mol. The molecule has 0 aromatic carbocycles. The van der Waals surface area contributed by atoms with E-state index in [-0.39, 0.29) is 72.7 Å². The molecule has 61 heavy (non-hydrogen) atoms. The lowest BCUT2D eigenvalue weighted by Gasteiger charge is -2.34. The van der Waals surface area contributed by atoms with Crippen LogP contribution in [0.15, 0.2) is 9.98 Å². The van der Waals surface area contributed by atoms with Gasteiger partial charge >= 0.3 is 11.9 Å². The van der Waals surface area contributed by atoms with E-state index >= 15 is 0 Å². The first-order chi connectivity index (χ1) is 29.7. The van der Waals surface area contributed by atoms with Gasteiger partial charge < -0.3 is 18.9 Å². The van der Waals surface area contributed by atoms with E-state index in [1.54, 1.807) is 0 Å². The molecule has 5 saturated carbocycles. The van der Waals surface area contributed by atoms with Crippen molar-refractivity contribution >= 4 is 24.4 Å². The van der Waals surface area contributed by atoms with Crippen molar-refractivity contribution in [2.24, 2.45) is 33.7 Å². The van der Waals surface area contributed by atoms with E-state index in [4.69, 9.17) is 28.9 Å². The summed E-state index contributed by atoms with van der Waals surface area (Å²) in [5.74, 6) is -0.526. The maximum atomic E-state index is 14.9. The van der Waals surface area contributed by atoms with Crippen molar-refractivity contribution in [3.8, 4) is 0 Å². The van der Waals surface area contributed by atoms with E-state index in [9.17, 15) is 22.8 Å². The molecule has 0 saturated heterocycles. The number of carbonyl (C=O) groups excluding carboxylic acids is 2. The number of halogens is 3. The Kier molecular flexibility index (Phi) is 23.0. The van der Waals surface area contributed by atoms with Gasteiger partial charge in [-0.15, -0.1) is 0 Å². The topological polar surface area (TPSA) is 95.8 Å². The number of hydrogen-bond donors (Lipinski definition) is 0. The van der Waals surface area contributed by atoms with Crippen LogP contribution in [0.25, 0.3) is 0 Å². The third-order valence-corrected chi connectivity index (χ3v) is 14.4. The highest BCUT2D eigenvalue weighted by Gasteiger charge is 2.38. The molecule has 350 valence electrons. The number of carbonyl (C=O) groups is 2. The molecule has 8 atom stereocenters. The number of alkyl halides is 3. The number of rotatable bonds is 24. The van der Waals surface area contributed by atoms with E-state index in [2.05, 4.69) is 13.8 Å². The molecule has 11 heteroatoms. The van der Waals surface area contributed by atoms with Gasteiger partial charge in [-0.1, -0.05) is 78.1 Å². The first-order valence-corrected chi connectivity index (χ1v) is 25.3. The fourth-order valence-corrected chi connectivity index (χ4v) is 10.4. The molecular formula is C50H83F3N2O6. The van der Waals surface area contributed by atoms with Gasteiger partial charge in [0.15, 0.2) is 0 Å². The first kappa shape index (κ1) is 50.0. The van der Waals surface area contributed by atoms with Gasteiger partial charge in [0.05, 0.1) is 36.1 Å². The van der Waals surface area contributed by atoms with Crippen LogP contribution in [-0.4, -0.2) is 92.6 Å². The lowest BCUT2D eigenvalue weighted by molar-refractivity contribution is -0.167. The molecule has 0 spiro atoms. The number of unbranched alkanes of at least 4 members (excludes halogenated alkanes) is 10. The molecule has 5 aliphatic rings. The van der Waals surface area contributed by atoms with Crippen molar-refractivity contribution in [3.63, 3.8) is 0 Å². The van der Waals surface area contributed by atoms with Gasteiger partial charge in [-0.3, -0.25) is 19.6 Å². The normalized spacial score (nSPS) is 35.1. The quantitative estimate of drug-likeness (QED) is 0.0545. The summed E-state index contributed by atoms with van der Waals surface area (Å²) in [5, 5.41) is 0. The molecule has 8 nitrogen and oxygen atoms in total. The van der Waals surface area contributed by atoms with Crippen LogP contribution in [0.5, 0.6) is 0 Å². The SMILES string of the molecule is CCCCCCCCOC1CCC(N=CC2CCC(C(=O)OC3CC(F)CC(OC(=O)C4CCC(C=NC5CCC(OCCCCCCCC)C(F)C5)CC4)C3)CC2)CC1F. The molecule has 0 N–H and O–H groups in total. The van der Waals surface area contributed by atoms with Gasteiger partial charge in [-0.05, 0) is 102 Å². The van der Waals surface area contributed by atoms with Crippen LogP contribution in [0.2, 0.25) is 0 Å². The third-order valence-electron chi connectivity index (χ3n) is 14.4. The second kappa shape index (κ2) is 28.0. The molecular weight excluding hydrogens is 782 g/mol. The van der Waals surface area contributed by atoms with Crippen LogP contribution in [0, 0.1) is 23.7 Å². The summed E-state index contributed by atoms with van der Waals surface area (Å²) in [4.78, 5) is 36.0. The van der Waals surface area contributed by atoms with Gasteiger partial charge in [0.1, 0.15) is 30.7 Å². The number of hydrogen-bond acceptors (Lipinski definition) is 8. The highest BCUT2D eigenvalue weighted by atomic mass is 19.1. The zero-order chi connectivity index (χ0) is 43.2. The van der Waals surface area contributed by atoms with Crippen LogP contribution < -0.4 is 0 Å². The Morgan fingerprint density at radius 1 is 0.492 bits per heavy atom. The predicted molar refractivity (Wildman–Crippen MR) is 238 cm³/mol. The fourth-order valence-electron chi connectivity index (χ4n) is 10.4. The zero-order valence-corrected chi connectivity index (χ0v) is 38.1. The largest absolute Gasteiger partial charge is 0.462 e. The third kappa shape index (κ3) is 18.2. The number of nitrogens with zero attached hydrogens (tertiary/aromatic N) is 2. The molecule has 0 radical (unpaired) electrons. The van der Waals surface area contributed by atoms with E-state index < -0.39 is 30.7 Å². The van der Waals surface area contributed by atoms with Crippen molar-refractivity contribution < 1.29 is 41.7 Å². The minimum absolute atomic E-state index is 0.0174. The maximum Gasteiger partial charge on any atom is 0.309 e. The Labute approximate surface area is 367 Å². The van der Waals surface area contributed by atoms with Crippen molar-refractivity contribution in [1.82, 2.24) is 0 Å². The second-order valence-corrected chi connectivity index (χ2v) is 19.6. The summed E-state index contributed by atoms with van der Waals surface area (Å²) in [7, 11) is 0. The Balaban J connectivity index is 0.919. The number of aliphatic imine (C=N–C) groups is 2. The Morgan fingerprint density at radius 2 is 0.885 bits per heavy atom. The minimum atomic E-state index is -1.19. The lowest BCUT2D eigenvalue weighted by atomic mass is 9.82. The first-order valence-electron chi connectivity index (χ1n) is 25.3. The molecule has 5 rings (SSSR count). The smallest absolute Gasteiger partial charge is 0.309 e. The average Bonchev–Trinajstić information content (AvgIpc) is 3.25. The molecule has 5 aliphatic carbocycles. The minimum Gasteiger partial charge on any atom is -0.462 e. The Morgan fingerprint density at radius 3 is 1.28 bits per heavy atom. The fraction of sp³-hybridized carbons (Fsp3) is 0.920. The number of esters is 2.